The molecule has 0 atom stereocenters. The maximum absolute atomic E-state index is 13.3. The third kappa shape index (κ3) is 3.98. The summed E-state index contributed by atoms with van der Waals surface area (Å²) in [6.07, 6.45) is 0. The Kier molecular flexibility index (Phi) is 5.29. The number of rotatable bonds is 3. The van der Waals surface area contributed by atoms with Gasteiger partial charge in [-0.3, -0.25) is 9.59 Å². The van der Waals surface area contributed by atoms with Gasteiger partial charge in [-0.05, 0) is 56.3 Å². The van der Waals surface area contributed by atoms with Crippen molar-refractivity contribution in [2.24, 2.45) is 0 Å². The van der Waals surface area contributed by atoms with Gasteiger partial charge in [-0.15, -0.1) is 0 Å². The molecule has 32 heavy (non-hydrogen) atoms. The second-order valence-corrected chi connectivity index (χ2v) is 10.6. The van der Waals surface area contributed by atoms with Gasteiger partial charge < -0.3 is 0 Å². The minimum Gasteiger partial charge on any atom is -0.285 e. The zero-order chi connectivity index (χ0) is 23.3. The average molecular weight is 423 g/mol. The van der Waals surface area contributed by atoms with Gasteiger partial charge in [-0.25, -0.2) is 0 Å². The van der Waals surface area contributed by atoms with Gasteiger partial charge in [0.25, 0.3) is 0 Å². The first-order valence-electron chi connectivity index (χ1n) is 11.1. The van der Waals surface area contributed by atoms with Crippen molar-refractivity contribution < 1.29 is 9.59 Å². The maximum atomic E-state index is 13.3. The Morgan fingerprint density at radius 2 is 0.781 bits per heavy atom. The molecule has 0 spiro atoms. The molecule has 0 aliphatic heterocycles. The second-order valence-electron chi connectivity index (χ2n) is 10.6. The van der Waals surface area contributed by atoms with E-state index in [9.17, 15) is 9.59 Å². The summed E-state index contributed by atoms with van der Waals surface area (Å²) >= 11 is 0. The van der Waals surface area contributed by atoms with Crippen molar-refractivity contribution in [2.45, 2.75) is 52.4 Å². The second kappa shape index (κ2) is 7.70. The lowest BCUT2D eigenvalue weighted by molar-refractivity contribution is 0.0818. The van der Waals surface area contributed by atoms with E-state index < -0.39 is 11.6 Å². The number of fused-ring (bicyclic) bond motifs is 2. The van der Waals surface area contributed by atoms with Crippen LogP contribution in [0.2, 0.25) is 0 Å². The molecule has 0 unspecified atom stereocenters. The fraction of sp³-hybridized carbons (Fsp3) is 0.267. The van der Waals surface area contributed by atoms with E-state index in [2.05, 4.69) is 65.8 Å². The van der Waals surface area contributed by atoms with Gasteiger partial charge >= 0.3 is 0 Å². The summed E-state index contributed by atoms with van der Waals surface area (Å²) in [7, 11) is 0. The lowest BCUT2D eigenvalue weighted by Gasteiger charge is -2.17. The molecule has 2 nitrogen and oxygen atoms in total. The molecule has 2 heteroatoms. The molecule has 0 radical (unpaired) electrons. The predicted octanol–water partition coefficient (Wildman–Crippen LogP) is 7.56. The Morgan fingerprint density at radius 1 is 0.469 bits per heavy atom. The van der Waals surface area contributed by atoms with Crippen molar-refractivity contribution in [1.82, 2.24) is 0 Å². The van der Waals surface area contributed by atoms with Gasteiger partial charge in [0.2, 0.25) is 11.6 Å². The van der Waals surface area contributed by atoms with Crippen LogP contribution < -0.4 is 0 Å². The molecule has 0 heterocycles. The van der Waals surface area contributed by atoms with Crippen LogP contribution >= 0.6 is 0 Å². The minimum absolute atomic E-state index is 0.00605. The highest BCUT2D eigenvalue weighted by Crippen LogP contribution is 2.34. The van der Waals surface area contributed by atoms with Crippen molar-refractivity contribution >= 4 is 11.6 Å². The Balaban J connectivity index is 1.73. The molecule has 0 aromatic rings. The SMILES string of the molecule is CC(C)(C)c1ccc2ccc(C(=O)C(=O)c3ccc4ccc(C(C)(C)C)ccc3-4)c-2cc1. The van der Waals surface area contributed by atoms with Gasteiger partial charge in [0.1, 0.15) is 0 Å². The first kappa shape index (κ1) is 22.0. The molecule has 0 amide bonds. The van der Waals surface area contributed by atoms with Crippen LogP contribution in [0.1, 0.15) is 73.4 Å². The van der Waals surface area contributed by atoms with Crippen LogP contribution in [-0.4, -0.2) is 11.6 Å². The van der Waals surface area contributed by atoms with E-state index in [1.807, 2.05) is 36.4 Å². The smallest absolute Gasteiger partial charge is 0.234 e. The Bertz CT molecular complexity index is 1160. The molecular weight excluding hydrogens is 392 g/mol. The van der Waals surface area contributed by atoms with E-state index in [1.54, 1.807) is 12.1 Å². The summed E-state index contributed by atoms with van der Waals surface area (Å²) < 4.78 is 0. The van der Waals surface area contributed by atoms with Crippen molar-refractivity contribution in [3.8, 4) is 22.3 Å². The molecule has 4 aliphatic rings. The summed E-state index contributed by atoms with van der Waals surface area (Å²) in [6.45, 7) is 13.0. The molecule has 0 aromatic carbocycles. The van der Waals surface area contributed by atoms with Crippen molar-refractivity contribution in [3.63, 3.8) is 0 Å². The largest absolute Gasteiger partial charge is 0.285 e. The van der Waals surface area contributed by atoms with E-state index >= 15 is 0 Å². The van der Waals surface area contributed by atoms with Crippen LogP contribution in [-0.2, 0) is 10.8 Å². The van der Waals surface area contributed by atoms with Crippen LogP contribution in [0, 0.1) is 0 Å². The molecule has 0 saturated carbocycles. The lowest BCUT2D eigenvalue weighted by Crippen LogP contribution is -2.14. The molecule has 0 bridgehead atoms. The van der Waals surface area contributed by atoms with Crippen LogP contribution in [0.4, 0.5) is 0 Å². The third-order valence-corrected chi connectivity index (χ3v) is 6.23. The van der Waals surface area contributed by atoms with Gasteiger partial charge in [-0.2, -0.15) is 0 Å². The molecule has 4 aliphatic carbocycles. The number of Topliss-reactive ketones (excluding diaryl/α,β-unsaturated/α-hetero) is 2. The van der Waals surface area contributed by atoms with Crippen molar-refractivity contribution in [1.29, 1.82) is 0 Å². The average Bonchev–Trinajstić information content (AvgIpc) is 3.13. The standard InChI is InChI=1S/C30H30O2/c1-29(2,3)21-11-7-19-9-15-25(23(19)17-13-21)27(31)28(32)26-16-10-20-8-12-22(30(4,5)6)14-18-24(20)26/h7-18H,1-6H3. The molecule has 4 rings (SSSR count). The summed E-state index contributed by atoms with van der Waals surface area (Å²) in [4.78, 5) is 26.6. The zero-order valence-corrected chi connectivity index (χ0v) is 19.7. The van der Waals surface area contributed by atoms with E-state index in [0.717, 1.165) is 22.3 Å². The van der Waals surface area contributed by atoms with Crippen LogP contribution in [0.3, 0.4) is 0 Å². The van der Waals surface area contributed by atoms with Gasteiger partial charge in [0, 0.05) is 11.1 Å². The van der Waals surface area contributed by atoms with Gasteiger partial charge in [-0.1, -0.05) is 102 Å². The van der Waals surface area contributed by atoms with E-state index in [1.165, 1.54) is 11.1 Å². The minimum atomic E-state index is -0.460. The molecule has 0 fully saturated rings. The first-order chi connectivity index (χ1) is 15.0. The number of hydrogen-bond donors (Lipinski definition) is 0. The zero-order valence-electron chi connectivity index (χ0n) is 19.7. The van der Waals surface area contributed by atoms with Crippen LogP contribution in [0.5, 0.6) is 0 Å². The topological polar surface area (TPSA) is 34.1 Å². The Labute approximate surface area is 191 Å². The fourth-order valence-corrected chi connectivity index (χ4v) is 4.14. The van der Waals surface area contributed by atoms with Gasteiger partial charge in [0.15, 0.2) is 0 Å². The predicted molar refractivity (Wildman–Crippen MR) is 132 cm³/mol. The number of ketones is 2. The fourth-order valence-electron chi connectivity index (χ4n) is 4.14. The summed E-state index contributed by atoms with van der Waals surface area (Å²) in [5.74, 6) is -0.919. The molecule has 162 valence electrons. The van der Waals surface area contributed by atoms with E-state index in [0.29, 0.717) is 11.1 Å². The van der Waals surface area contributed by atoms with Crippen molar-refractivity contribution in [3.05, 3.63) is 95.1 Å². The quantitative estimate of drug-likeness (QED) is 0.252. The van der Waals surface area contributed by atoms with Crippen LogP contribution in [0.25, 0.3) is 22.3 Å². The Hall–Kier alpha value is -3.26. The highest BCUT2D eigenvalue weighted by Gasteiger charge is 2.26. The first-order valence-corrected chi connectivity index (χ1v) is 11.1. The van der Waals surface area contributed by atoms with Crippen molar-refractivity contribution in [2.75, 3.05) is 0 Å². The number of hydrogen-bond acceptors (Lipinski definition) is 2. The third-order valence-electron chi connectivity index (χ3n) is 6.23. The summed E-state index contributed by atoms with van der Waals surface area (Å²) in [5.41, 5.74) is 6.86. The van der Waals surface area contributed by atoms with Gasteiger partial charge in [0.05, 0.1) is 0 Å². The molecule has 0 N–H and O–H groups in total. The van der Waals surface area contributed by atoms with E-state index in [4.69, 9.17) is 0 Å². The number of carbonyl (C=O) groups excluding carboxylic acids is 2. The molecule has 0 saturated heterocycles. The Morgan fingerprint density at radius 3 is 1.12 bits per heavy atom. The summed E-state index contributed by atoms with van der Waals surface area (Å²) in [5, 5.41) is 0. The maximum Gasteiger partial charge on any atom is 0.234 e. The molecule has 0 aromatic heterocycles. The van der Waals surface area contributed by atoms with E-state index in [-0.39, 0.29) is 10.8 Å². The highest BCUT2D eigenvalue weighted by atomic mass is 16.2. The normalized spacial score (nSPS) is 12.3. The van der Waals surface area contributed by atoms with Crippen LogP contribution in [0.15, 0.2) is 72.8 Å². The summed E-state index contributed by atoms with van der Waals surface area (Å²) in [6, 6.07) is 23.7. The monoisotopic (exact) mass is 422 g/mol. The number of carbonyl (C=O) groups is 2. The lowest BCUT2D eigenvalue weighted by atomic mass is 9.88. The highest BCUT2D eigenvalue weighted by molar-refractivity contribution is 6.51. The molecular formula is C30H30O2.